The minimum Gasteiger partial charge on any atom is -0.396 e. The molecular formula is C13H22N4O. The number of nitrogens with zero attached hydrogens (tertiary/aromatic N) is 2. The van der Waals surface area contributed by atoms with Gasteiger partial charge >= 0.3 is 0 Å². The summed E-state index contributed by atoms with van der Waals surface area (Å²) in [5.41, 5.74) is 0. The Morgan fingerprint density at radius 1 is 1.39 bits per heavy atom. The zero-order chi connectivity index (χ0) is 13.0. The van der Waals surface area contributed by atoms with Crippen LogP contribution in [0.25, 0.3) is 0 Å². The lowest BCUT2D eigenvalue weighted by molar-refractivity contribution is 0.266. The van der Waals surface area contributed by atoms with Crippen molar-refractivity contribution in [2.45, 2.75) is 32.1 Å². The van der Waals surface area contributed by atoms with E-state index in [0.29, 0.717) is 11.8 Å². The highest BCUT2D eigenvalue weighted by Crippen LogP contribution is 2.38. The van der Waals surface area contributed by atoms with Crippen LogP contribution in [0.3, 0.4) is 0 Å². The van der Waals surface area contributed by atoms with Crippen LogP contribution in [0.4, 0.5) is 11.6 Å². The summed E-state index contributed by atoms with van der Waals surface area (Å²) in [7, 11) is 1.87. The summed E-state index contributed by atoms with van der Waals surface area (Å²) in [4.78, 5) is 9.03. The smallest absolute Gasteiger partial charge is 0.136 e. The number of aromatic nitrogens is 2. The molecule has 0 aliphatic heterocycles. The second-order valence-electron chi connectivity index (χ2n) is 5.02. The maximum atomic E-state index is 8.88. The molecule has 1 heterocycles. The Morgan fingerprint density at radius 3 is 2.72 bits per heavy atom. The van der Waals surface area contributed by atoms with Crippen LogP contribution in [0, 0.1) is 5.92 Å². The van der Waals surface area contributed by atoms with Gasteiger partial charge in [-0.15, -0.1) is 0 Å². The Labute approximate surface area is 108 Å². The Morgan fingerprint density at radius 2 is 2.11 bits per heavy atom. The molecule has 1 aromatic heterocycles. The zero-order valence-corrected chi connectivity index (χ0v) is 11.1. The third-order valence-corrected chi connectivity index (χ3v) is 3.20. The first kappa shape index (κ1) is 13.1. The Kier molecular flexibility index (Phi) is 4.36. The molecule has 1 aromatic rings. The first-order valence-corrected chi connectivity index (χ1v) is 6.64. The maximum Gasteiger partial charge on any atom is 0.136 e. The standard InChI is InChI=1S/C13H22N4O/c1-9(5-6-18)8-15-12-7-11(14-2)16-13(17-12)10-3-4-10/h7,9-10,18H,3-6,8H2,1-2H3,(H2,14,15,16,17). The van der Waals surface area contributed by atoms with Crippen molar-refractivity contribution < 1.29 is 5.11 Å². The van der Waals surface area contributed by atoms with Gasteiger partial charge in [0.2, 0.25) is 0 Å². The third-order valence-electron chi connectivity index (χ3n) is 3.20. The van der Waals surface area contributed by atoms with Crippen molar-refractivity contribution in [2.75, 3.05) is 30.8 Å². The molecule has 1 aliphatic rings. The van der Waals surface area contributed by atoms with Crippen molar-refractivity contribution in [1.82, 2.24) is 9.97 Å². The van der Waals surface area contributed by atoms with E-state index in [1.807, 2.05) is 13.1 Å². The molecule has 2 rings (SSSR count). The van der Waals surface area contributed by atoms with Gasteiger partial charge < -0.3 is 15.7 Å². The first-order valence-electron chi connectivity index (χ1n) is 6.64. The zero-order valence-electron chi connectivity index (χ0n) is 11.1. The van der Waals surface area contributed by atoms with Gasteiger partial charge in [0.25, 0.3) is 0 Å². The first-order chi connectivity index (χ1) is 8.72. The number of nitrogens with one attached hydrogen (secondary N) is 2. The lowest BCUT2D eigenvalue weighted by Gasteiger charge is -2.13. The molecule has 0 radical (unpaired) electrons. The summed E-state index contributed by atoms with van der Waals surface area (Å²) >= 11 is 0. The fraction of sp³-hybridized carbons (Fsp3) is 0.692. The van der Waals surface area contributed by atoms with Gasteiger partial charge in [-0.25, -0.2) is 9.97 Å². The lowest BCUT2D eigenvalue weighted by atomic mass is 10.1. The van der Waals surface area contributed by atoms with E-state index in [1.54, 1.807) is 0 Å². The molecule has 100 valence electrons. The van der Waals surface area contributed by atoms with Crippen molar-refractivity contribution in [3.05, 3.63) is 11.9 Å². The average Bonchev–Trinajstić information content (AvgIpc) is 3.20. The van der Waals surface area contributed by atoms with Gasteiger partial charge in [0.05, 0.1) is 0 Å². The van der Waals surface area contributed by atoms with Gasteiger partial charge in [-0.05, 0) is 25.2 Å². The minimum absolute atomic E-state index is 0.238. The number of aliphatic hydroxyl groups excluding tert-OH is 1. The fourth-order valence-corrected chi connectivity index (χ4v) is 1.81. The van der Waals surface area contributed by atoms with E-state index in [-0.39, 0.29) is 6.61 Å². The van der Waals surface area contributed by atoms with E-state index in [2.05, 4.69) is 27.5 Å². The fourth-order valence-electron chi connectivity index (χ4n) is 1.81. The SMILES string of the molecule is CNc1cc(NCC(C)CCO)nc(C2CC2)n1. The molecule has 3 N–H and O–H groups in total. The normalized spacial score (nSPS) is 16.4. The van der Waals surface area contributed by atoms with E-state index in [4.69, 9.17) is 5.11 Å². The Balaban J connectivity index is 2.00. The summed E-state index contributed by atoms with van der Waals surface area (Å²) in [6, 6.07) is 1.93. The molecule has 18 heavy (non-hydrogen) atoms. The molecule has 1 aliphatic carbocycles. The molecule has 1 saturated carbocycles. The summed E-state index contributed by atoms with van der Waals surface area (Å²) in [6.07, 6.45) is 3.22. The van der Waals surface area contributed by atoms with Crippen molar-refractivity contribution in [1.29, 1.82) is 0 Å². The van der Waals surface area contributed by atoms with Crippen LogP contribution < -0.4 is 10.6 Å². The van der Waals surface area contributed by atoms with E-state index in [0.717, 1.165) is 30.4 Å². The van der Waals surface area contributed by atoms with Crippen LogP contribution in [0.5, 0.6) is 0 Å². The van der Waals surface area contributed by atoms with Crippen molar-refractivity contribution >= 4 is 11.6 Å². The third kappa shape index (κ3) is 3.57. The van der Waals surface area contributed by atoms with Crippen LogP contribution >= 0.6 is 0 Å². The van der Waals surface area contributed by atoms with E-state index in [1.165, 1.54) is 12.8 Å². The molecule has 0 bridgehead atoms. The number of hydrogen-bond donors (Lipinski definition) is 3. The maximum absolute atomic E-state index is 8.88. The molecular weight excluding hydrogens is 228 g/mol. The molecule has 5 heteroatoms. The lowest BCUT2D eigenvalue weighted by Crippen LogP contribution is -2.14. The average molecular weight is 250 g/mol. The minimum atomic E-state index is 0.238. The second kappa shape index (κ2) is 6.00. The molecule has 0 spiro atoms. The molecule has 1 fully saturated rings. The van der Waals surface area contributed by atoms with E-state index < -0.39 is 0 Å². The van der Waals surface area contributed by atoms with Crippen LogP contribution in [-0.2, 0) is 0 Å². The molecule has 5 nitrogen and oxygen atoms in total. The van der Waals surface area contributed by atoms with E-state index in [9.17, 15) is 0 Å². The van der Waals surface area contributed by atoms with Gasteiger partial charge in [-0.3, -0.25) is 0 Å². The van der Waals surface area contributed by atoms with Crippen LogP contribution in [0.1, 0.15) is 37.9 Å². The highest BCUT2D eigenvalue weighted by Gasteiger charge is 2.27. The van der Waals surface area contributed by atoms with Gasteiger partial charge in [0.1, 0.15) is 17.5 Å². The molecule has 1 atom stereocenters. The second-order valence-corrected chi connectivity index (χ2v) is 5.02. The summed E-state index contributed by atoms with van der Waals surface area (Å²) < 4.78 is 0. The number of aliphatic hydroxyl groups is 1. The van der Waals surface area contributed by atoms with Crippen LogP contribution in [0.2, 0.25) is 0 Å². The number of rotatable bonds is 7. The van der Waals surface area contributed by atoms with Crippen LogP contribution in [-0.4, -0.2) is 35.3 Å². The molecule has 0 amide bonds. The van der Waals surface area contributed by atoms with Crippen molar-refractivity contribution in [2.24, 2.45) is 5.92 Å². The summed E-state index contributed by atoms with van der Waals surface area (Å²) in [6.45, 7) is 3.18. The summed E-state index contributed by atoms with van der Waals surface area (Å²) in [5, 5.41) is 15.3. The van der Waals surface area contributed by atoms with Crippen molar-refractivity contribution in [3.8, 4) is 0 Å². The largest absolute Gasteiger partial charge is 0.396 e. The van der Waals surface area contributed by atoms with Gasteiger partial charge in [-0.1, -0.05) is 6.92 Å². The van der Waals surface area contributed by atoms with Gasteiger partial charge in [0.15, 0.2) is 0 Å². The molecule has 0 saturated heterocycles. The highest BCUT2D eigenvalue weighted by molar-refractivity contribution is 5.47. The predicted octanol–water partition coefficient (Wildman–Crippen LogP) is 1.83. The Hall–Kier alpha value is -1.36. The molecule has 0 aromatic carbocycles. The van der Waals surface area contributed by atoms with E-state index >= 15 is 0 Å². The number of anilines is 2. The topological polar surface area (TPSA) is 70.1 Å². The molecule has 1 unspecified atom stereocenters. The van der Waals surface area contributed by atoms with Crippen molar-refractivity contribution in [3.63, 3.8) is 0 Å². The quantitative estimate of drug-likeness (QED) is 0.688. The number of hydrogen-bond acceptors (Lipinski definition) is 5. The summed E-state index contributed by atoms with van der Waals surface area (Å²) in [5.74, 6) is 3.67. The highest BCUT2D eigenvalue weighted by atomic mass is 16.3. The van der Waals surface area contributed by atoms with Crippen LogP contribution in [0.15, 0.2) is 6.07 Å². The van der Waals surface area contributed by atoms with Gasteiger partial charge in [0, 0.05) is 32.2 Å². The van der Waals surface area contributed by atoms with Gasteiger partial charge in [-0.2, -0.15) is 0 Å². The Bertz CT molecular complexity index is 393. The predicted molar refractivity (Wildman–Crippen MR) is 72.9 cm³/mol. The monoisotopic (exact) mass is 250 g/mol.